The van der Waals surface area contributed by atoms with E-state index in [-0.39, 0.29) is 5.91 Å². The van der Waals surface area contributed by atoms with Gasteiger partial charge in [0.2, 0.25) is 0 Å². The molecule has 1 aliphatic heterocycles. The first-order chi connectivity index (χ1) is 13.5. The zero-order valence-corrected chi connectivity index (χ0v) is 17.3. The number of nitrogens with zero attached hydrogens (tertiary/aromatic N) is 2. The largest absolute Gasteiger partial charge is 0.495 e. The zero-order chi connectivity index (χ0) is 20.1. The van der Waals surface area contributed by atoms with Crippen LogP contribution in [0.15, 0.2) is 42.5 Å². The summed E-state index contributed by atoms with van der Waals surface area (Å²) >= 11 is 0. The summed E-state index contributed by atoms with van der Waals surface area (Å²) < 4.78 is 11.6. The Morgan fingerprint density at radius 2 is 1.75 bits per heavy atom. The molecule has 1 aliphatic rings. The van der Waals surface area contributed by atoms with E-state index in [1.54, 1.807) is 7.11 Å². The molecule has 3 rings (SSSR count). The monoisotopic (exact) mass is 382 g/mol. The number of rotatable bonds is 6. The van der Waals surface area contributed by atoms with Crippen molar-refractivity contribution >= 4 is 11.6 Å². The molecule has 1 amide bonds. The summed E-state index contributed by atoms with van der Waals surface area (Å²) in [6, 6.07) is 14.1. The summed E-state index contributed by atoms with van der Waals surface area (Å²) in [6.07, 6.45) is 0.206. The van der Waals surface area contributed by atoms with Crippen molar-refractivity contribution < 1.29 is 14.3 Å². The summed E-state index contributed by atoms with van der Waals surface area (Å²) in [5.41, 5.74) is 3.33. The number of carbonyl (C=O) groups is 1. The fourth-order valence-corrected chi connectivity index (χ4v) is 3.66. The van der Waals surface area contributed by atoms with E-state index in [9.17, 15) is 4.79 Å². The fourth-order valence-electron chi connectivity index (χ4n) is 3.66. The lowest BCUT2D eigenvalue weighted by Crippen LogP contribution is -2.52. The lowest BCUT2D eigenvalue weighted by molar-refractivity contribution is -0.139. The molecule has 0 spiro atoms. The van der Waals surface area contributed by atoms with Gasteiger partial charge in [-0.05, 0) is 44.0 Å². The topological polar surface area (TPSA) is 42.0 Å². The zero-order valence-electron chi connectivity index (χ0n) is 17.3. The van der Waals surface area contributed by atoms with Gasteiger partial charge >= 0.3 is 0 Å². The predicted molar refractivity (Wildman–Crippen MR) is 112 cm³/mol. The molecule has 2 aromatic rings. The van der Waals surface area contributed by atoms with Gasteiger partial charge in [0, 0.05) is 26.2 Å². The van der Waals surface area contributed by atoms with Crippen LogP contribution in [-0.2, 0) is 4.79 Å². The Labute approximate surface area is 167 Å². The minimum Gasteiger partial charge on any atom is -0.495 e. The van der Waals surface area contributed by atoms with Gasteiger partial charge in [0.25, 0.3) is 5.91 Å². The SMILES string of the molecule is CCC(Oc1ccc(C)cc1C)C(=O)N1CCN(c2ccccc2OC)CC1. The van der Waals surface area contributed by atoms with Crippen LogP contribution in [0.4, 0.5) is 5.69 Å². The van der Waals surface area contributed by atoms with Crippen LogP contribution in [0, 0.1) is 13.8 Å². The smallest absolute Gasteiger partial charge is 0.263 e. The van der Waals surface area contributed by atoms with Crippen molar-refractivity contribution in [2.45, 2.75) is 33.3 Å². The Hall–Kier alpha value is -2.69. The molecule has 5 nitrogen and oxygen atoms in total. The molecule has 1 fully saturated rings. The van der Waals surface area contributed by atoms with E-state index in [0.29, 0.717) is 19.5 Å². The second-order valence-corrected chi connectivity index (χ2v) is 7.27. The molecule has 28 heavy (non-hydrogen) atoms. The number of aryl methyl sites for hydroxylation is 2. The Morgan fingerprint density at radius 3 is 2.39 bits per heavy atom. The van der Waals surface area contributed by atoms with Gasteiger partial charge in [-0.3, -0.25) is 4.79 Å². The lowest BCUT2D eigenvalue weighted by Gasteiger charge is -2.37. The van der Waals surface area contributed by atoms with E-state index in [4.69, 9.17) is 9.47 Å². The van der Waals surface area contributed by atoms with Crippen LogP contribution >= 0.6 is 0 Å². The van der Waals surface area contributed by atoms with Gasteiger partial charge in [-0.15, -0.1) is 0 Å². The fraction of sp³-hybridized carbons (Fsp3) is 0.435. The number of anilines is 1. The van der Waals surface area contributed by atoms with Crippen molar-refractivity contribution in [1.82, 2.24) is 4.90 Å². The minimum atomic E-state index is -0.445. The standard InChI is InChI=1S/C23H30N2O3/c1-5-20(28-21-11-10-17(2)16-18(21)3)23(26)25-14-12-24(13-15-25)19-8-6-7-9-22(19)27-4/h6-11,16,20H,5,12-15H2,1-4H3. The van der Waals surface area contributed by atoms with Crippen LogP contribution in [0.25, 0.3) is 0 Å². The summed E-state index contributed by atoms with van der Waals surface area (Å²) in [5, 5.41) is 0. The maximum atomic E-state index is 13.0. The highest BCUT2D eigenvalue weighted by atomic mass is 16.5. The molecular weight excluding hydrogens is 352 g/mol. The molecule has 0 N–H and O–H groups in total. The first kappa shape index (κ1) is 20.1. The lowest BCUT2D eigenvalue weighted by atomic mass is 10.1. The number of hydrogen-bond donors (Lipinski definition) is 0. The van der Waals surface area contributed by atoms with Crippen LogP contribution in [0.5, 0.6) is 11.5 Å². The van der Waals surface area contributed by atoms with Crippen LogP contribution < -0.4 is 14.4 Å². The Morgan fingerprint density at radius 1 is 1.04 bits per heavy atom. The van der Waals surface area contributed by atoms with Crippen LogP contribution in [-0.4, -0.2) is 50.2 Å². The highest BCUT2D eigenvalue weighted by molar-refractivity contribution is 5.81. The molecule has 1 atom stereocenters. The average molecular weight is 383 g/mol. The summed E-state index contributed by atoms with van der Waals surface area (Å²) in [7, 11) is 1.69. The molecule has 150 valence electrons. The number of hydrogen-bond acceptors (Lipinski definition) is 4. The molecule has 1 unspecified atom stereocenters. The van der Waals surface area contributed by atoms with Crippen molar-refractivity contribution in [3.63, 3.8) is 0 Å². The number of para-hydroxylation sites is 2. The number of benzene rings is 2. The summed E-state index contributed by atoms with van der Waals surface area (Å²) in [4.78, 5) is 17.2. The molecular formula is C23H30N2O3. The van der Waals surface area contributed by atoms with E-state index in [1.165, 1.54) is 5.56 Å². The highest BCUT2D eigenvalue weighted by Gasteiger charge is 2.28. The van der Waals surface area contributed by atoms with E-state index >= 15 is 0 Å². The Kier molecular flexibility index (Phi) is 6.45. The number of piperazine rings is 1. The molecule has 0 saturated carbocycles. The maximum Gasteiger partial charge on any atom is 0.263 e. The average Bonchev–Trinajstić information content (AvgIpc) is 2.73. The third-order valence-corrected chi connectivity index (χ3v) is 5.26. The van der Waals surface area contributed by atoms with Crippen LogP contribution in [0.1, 0.15) is 24.5 Å². The third kappa shape index (κ3) is 4.41. The quantitative estimate of drug-likeness (QED) is 0.762. The van der Waals surface area contributed by atoms with Gasteiger partial charge in [-0.25, -0.2) is 0 Å². The van der Waals surface area contributed by atoms with Crippen molar-refractivity contribution in [2.24, 2.45) is 0 Å². The van der Waals surface area contributed by atoms with E-state index in [0.717, 1.165) is 35.8 Å². The van der Waals surface area contributed by atoms with Gasteiger partial charge in [-0.1, -0.05) is 36.8 Å². The van der Waals surface area contributed by atoms with Gasteiger partial charge in [0.1, 0.15) is 11.5 Å². The maximum absolute atomic E-state index is 13.0. The second-order valence-electron chi connectivity index (χ2n) is 7.27. The van der Waals surface area contributed by atoms with E-state index in [2.05, 4.69) is 24.0 Å². The third-order valence-electron chi connectivity index (χ3n) is 5.26. The summed E-state index contributed by atoms with van der Waals surface area (Å²) in [6.45, 7) is 9.01. The van der Waals surface area contributed by atoms with Crippen molar-refractivity contribution in [1.29, 1.82) is 0 Å². The minimum absolute atomic E-state index is 0.0714. The Bertz CT molecular complexity index is 813. The highest BCUT2D eigenvalue weighted by Crippen LogP contribution is 2.28. The van der Waals surface area contributed by atoms with E-state index in [1.807, 2.05) is 49.1 Å². The molecule has 0 bridgehead atoms. The number of amides is 1. The predicted octanol–water partition coefficient (Wildman–Crippen LogP) is 3.82. The van der Waals surface area contributed by atoms with Gasteiger partial charge in [0.05, 0.1) is 12.8 Å². The molecule has 2 aromatic carbocycles. The first-order valence-corrected chi connectivity index (χ1v) is 9.94. The number of ether oxygens (including phenoxy) is 2. The molecule has 0 radical (unpaired) electrons. The van der Waals surface area contributed by atoms with Crippen LogP contribution in [0.3, 0.4) is 0 Å². The van der Waals surface area contributed by atoms with Crippen molar-refractivity contribution in [3.8, 4) is 11.5 Å². The molecule has 0 aromatic heterocycles. The Balaban J connectivity index is 1.63. The van der Waals surface area contributed by atoms with Crippen molar-refractivity contribution in [3.05, 3.63) is 53.6 Å². The molecule has 5 heteroatoms. The normalized spacial score (nSPS) is 15.3. The van der Waals surface area contributed by atoms with Crippen molar-refractivity contribution in [2.75, 3.05) is 38.2 Å². The van der Waals surface area contributed by atoms with Crippen LogP contribution in [0.2, 0.25) is 0 Å². The summed E-state index contributed by atoms with van der Waals surface area (Å²) in [5.74, 6) is 1.73. The molecule has 0 aliphatic carbocycles. The van der Waals surface area contributed by atoms with Gasteiger partial charge in [0.15, 0.2) is 6.10 Å². The first-order valence-electron chi connectivity index (χ1n) is 9.94. The number of carbonyl (C=O) groups excluding carboxylic acids is 1. The number of methoxy groups -OCH3 is 1. The van der Waals surface area contributed by atoms with Gasteiger partial charge in [-0.2, -0.15) is 0 Å². The molecule has 1 saturated heterocycles. The molecule has 1 heterocycles. The van der Waals surface area contributed by atoms with Gasteiger partial charge < -0.3 is 19.3 Å². The van der Waals surface area contributed by atoms with E-state index < -0.39 is 6.10 Å². The second kappa shape index (κ2) is 9.00.